The highest BCUT2D eigenvalue weighted by atomic mass is 19.1. The van der Waals surface area contributed by atoms with E-state index >= 15 is 8.78 Å². The lowest BCUT2D eigenvalue weighted by Crippen LogP contribution is -2.45. The molecule has 2 aliphatic heterocycles. The summed E-state index contributed by atoms with van der Waals surface area (Å²) in [7, 11) is 2.04. The maximum Gasteiger partial charge on any atom is 0.254 e. The van der Waals surface area contributed by atoms with Crippen molar-refractivity contribution in [2.75, 3.05) is 7.05 Å². The van der Waals surface area contributed by atoms with Gasteiger partial charge in [0.05, 0.1) is 5.56 Å². The zero-order chi connectivity index (χ0) is 25.1. The number of hydrogen-bond donors (Lipinski definition) is 1. The number of ether oxygens (including phenoxy) is 2. The number of amides is 1. The number of piperidine rings is 1. The van der Waals surface area contributed by atoms with Gasteiger partial charge in [0, 0.05) is 31.2 Å². The molecule has 0 unspecified atom stereocenters. The first-order valence-corrected chi connectivity index (χ1v) is 12.1. The van der Waals surface area contributed by atoms with E-state index in [0.29, 0.717) is 12.5 Å². The van der Waals surface area contributed by atoms with Crippen LogP contribution in [0, 0.1) is 11.6 Å². The number of nitrogens with one attached hydrogen (secondary N) is 1. The Kier molecular flexibility index (Phi) is 6.89. The zero-order valence-corrected chi connectivity index (χ0v) is 20.0. The molecule has 1 amide bonds. The Balaban J connectivity index is 1.40. The quantitative estimate of drug-likeness (QED) is 0.447. The van der Waals surface area contributed by atoms with Gasteiger partial charge in [-0.05, 0) is 30.0 Å². The molecule has 2 aliphatic rings. The molecular weight excluding hydrogens is 462 g/mol. The van der Waals surface area contributed by atoms with Crippen molar-refractivity contribution >= 4 is 5.91 Å². The van der Waals surface area contributed by atoms with E-state index in [1.165, 1.54) is 5.70 Å². The molecule has 1 N–H and O–H groups in total. The second kappa shape index (κ2) is 10.4. The van der Waals surface area contributed by atoms with Gasteiger partial charge in [-0.3, -0.25) is 4.79 Å². The van der Waals surface area contributed by atoms with Crippen LogP contribution in [0.2, 0.25) is 0 Å². The first kappa shape index (κ1) is 23.9. The molecule has 1 fully saturated rings. The van der Waals surface area contributed by atoms with Crippen LogP contribution >= 0.6 is 0 Å². The molecule has 0 spiro atoms. The molecule has 0 saturated carbocycles. The Hall–Kier alpha value is -3.87. The van der Waals surface area contributed by atoms with Crippen LogP contribution in [-0.2, 0) is 13.2 Å². The Morgan fingerprint density at radius 1 is 0.972 bits per heavy atom. The molecule has 3 aromatic rings. The molecule has 36 heavy (non-hydrogen) atoms. The van der Waals surface area contributed by atoms with Crippen LogP contribution in [0.5, 0.6) is 11.5 Å². The van der Waals surface area contributed by atoms with Crippen molar-refractivity contribution in [2.24, 2.45) is 0 Å². The summed E-state index contributed by atoms with van der Waals surface area (Å²) in [5, 5.41) is 2.89. The fourth-order valence-corrected chi connectivity index (χ4v) is 4.80. The van der Waals surface area contributed by atoms with E-state index in [1.54, 1.807) is 0 Å². The highest BCUT2D eigenvalue weighted by Gasteiger charge is 2.34. The van der Waals surface area contributed by atoms with E-state index < -0.39 is 28.9 Å². The third-order valence-corrected chi connectivity index (χ3v) is 6.80. The SMILES string of the molecule is CN1C2=CC[C@@H]1C[C@H](NC(=O)c1cc(F)c(OCc3ccccc3)c(OCc3ccccc3)c1F)C2. The Morgan fingerprint density at radius 2 is 1.58 bits per heavy atom. The fraction of sp³-hybridized carbons (Fsp3) is 0.276. The van der Waals surface area contributed by atoms with Gasteiger partial charge in [0.1, 0.15) is 13.2 Å². The summed E-state index contributed by atoms with van der Waals surface area (Å²) in [6.07, 6.45) is 4.53. The number of rotatable bonds is 8. The molecule has 186 valence electrons. The second-order valence-corrected chi connectivity index (χ2v) is 9.23. The summed E-state index contributed by atoms with van der Waals surface area (Å²) in [5.41, 5.74) is 2.33. The topological polar surface area (TPSA) is 50.8 Å². The van der Waals surface area contributed by atoms with Crippen LogP contribution in [0.25, 0.3) is 0 Å². The first-order chi connectivity index (χ1) is 17.5. The summed E-state index contributed by atoms with van der Waals surface area (Å²) in [4.78, 5) is 15.3. The van der Waals surface area contributed by atoms with E-state index in [9.17, 15) is 4.79 Å². The highest BCUT2D eigenvalue weighted by molar-refractivity contribution is 5.95. The van der Waals surface area contributed by atoms with Crippen molar-refractivity contribution < 1.29 is 23.0 Å². The molecule has 2 bridgehead atoms. The maximum absolute atomic E-state index is 15.7. The van der Waals surface area contributed by atoms with Gasteiger partial charge in [-0.2, -0.15) is 0 Å². The standard InChI is InChI=1S/C29H28F2N2O3/c1-33-22-12-13-23(33)15-21(14-22)32-29(34)24-16-25(30)27(35-17-19-8-4-2-5-9-19)28(26(24)31)36-18-20-10-6-3-7-11-20/h2-12,16,21,23H,13-15,17-18H2,1H3,(H,32,34)/t21-,23-/m1/s1. The van der Waals surface area contributed by atoms with Crippen molar-refractivity contribution in [3.63, 3.8) is 0 Å². The number of carbonyl (C=O) groups excluding carboxylic acids is 1. The molecule has 0 aliphatic carbocycles. The molecule has 1 saturated heterocycles. The van der Waals surface area contributed by atoms with Crippen LogP contribution in [0.4, 0.5) is 8.78 Å². The van der Waals surface area contributed by atoms with Crippen molar-refractivity contribution in [3.05, 3.63) is 107 Å². The fourth-order valence-electron chi connectivity index (χ4n) is 4.80. The Morgan fingerprint density at radius 3 is 2.19 bits per heavy atom. The minimum atomic E-state index is -0.942. The lowest BCUT2D eigenvalue weighted by Gasteiger charge is -2.35. The van der Waals surface area contributed by atoms with E-state index in [4.69, 9.17) is 9.47 Å². The Bertz CT molecular complexity index is 1260. The van der Waals surface area contributed by atoms with Crippen molar-refractivity contribution in [2.45, 2.75) is 44.6 Å². The van der Waals surface area contributed by atoms with Crippen LogP contribution in [-0.4, -0.2) is 29.9 Å². The largest absolute Gasteiger partial charge is 0.482 e. The average molecular weight is 491 g/mol. The lowest BCUT2D eigenvalue weighted by molar-refractivity contribution is 0.0911. The predicted octanol–water partition coefficient (Wildman–Crippen LogP) is 5.60. The van der Waals surface area contributed by atoms with Gasteiger partial charge in [-0.1, -0.05) is 66.7 Å². The van der Waals surface area contributed by atoms with Crippen LogP contribution in [0.1, 0.15) is 40.7 Å². The number of hydrogen-bond acceptors (Lipinski definition) is 4. The summed E-state index contributed by atoms with van der Waals surface area (Å²) in [6, 6.07) is 19.4. The molecule has 2 heterocycles. The number of halogens is 2. The smallest absolute Gasteiger partial charge is 0.254 e. The van der Waals surface area contributed by atoms with Crippen molar-refractivity contribution in [1.82, 2.24) is 10.2 Å². The van der Waals surface area contributed by atoms with Gasteiger partial charge in [0.2, 0.25) is 11.5 Å². The van der Waals surface area contributed by atoms with Gasteiger partial charge in [0.15, 0.2) is 11.6 Å². The number of fused-ring (bicyclic) bond motifs is 2. The minimum Gasteiger partial charge on any atom is -0.482 e. The lowest BCUT2D eigenvalue weighted by atomic mass is 9.98. The maximum atomic E-state index is 15.7. The third kappa shape index (κ3) is 5.05. The van der Waals surface area contributed by atoms with Gasteiger partial charge in [-0.15, -0.1) is 0 Å². The number of nitrogens with zero attached hydrogens (tertiary/aromatic N) is 1. The number of carbonyl (C=O) groups is 1. The van der Waals surface area contributed by atoms with Crippen molar-refractivity contribution in [1.29, 1.82) is 0 Å². The summed E-state index contributed by atoms with van der Waals surface area (Å²) in [6.45, 7) is 0.0191. The molecule has 2 atom stereocenters. The monoisotopic (exact) mass is 490 g/mol. The van der Waals surface area contributed by atoms with Gasteiger partial charge in [0.25, 0.3) is 5.91 Å². The van der Waals surface area contributed by atoms with Gasteiger partial charge in [-0.25, -0.2) is 8.78 Å². The second-order valence-electron chi connectivity index (χ2n) is 9.23. The minimum absolute atomic E-state index is 0.00519. The Labute approximate surface area is 209 Å². The zero-order valence-electron chi connectivity index (χ0n) is 20.0. The van der Waals surface area contributed by atoms with Gasteiger partial charge < -0.3 is 19.7 Å². The molecule has 0 aromatic heterocycles. The summed E-state index contributed by atoms with van der Waals surface area (Å²) >= 11 is 0. The summed E-state index contributed by atoms with van der Waals surface area (Å²) < 4.78 is 42.4. The molecule has 7 heteroatoms. The molecule has 5 nitrogen and oxygen atoms in total. The normalized spacial score (nSPS) is 18.5. The third-order valence-electron chi connectivity index (χ3n) is 6.80. The number of benzene rings is 3. The molecule has 5 rings (SSSR count). The van der Waals surface area contributed by atoms with E-state index in [0.717, 1.165) is 30.0 Å². The van der Waals surface area contributed by atoms with Crippen molar-refractivity contribution in [3.8, 4) is 11.5 Å². The molecular formula is C29H28F2N2O3. The molecule has 3 aromatic carbocycles. The van der Waals surface area contributed by atoms with Crippen LogP contribution in [0.15, 0.2) is 78.5 Å². The van der Waals surface area contributed by atoms with Crippen LogP contribution < -0.4 is 14.8 Å². The molecule has 0 radical (unpaired) electrons. The average Bonchev–Trinajstić information content (AvgIpc) is 3.09. The predicted molar refractivity (Wildman–Crippen MR) is 133 cm³/mol. The highest BCUT2D eigenvalue weighted by Crippen LogP contribution is 2.38. The van der Waals surface area contributed by atoms with Crippen LogP contribution in [0.3, 0.4) is 0 Å². The summed E-state index contributed by atoms with van der Waals surface area (Å²) in [5.74, 6) is -3.23. The van der Waals surface area contributed by atoms with Gasteiger partial charge >= 0.3 is 0 Å². The van der Waals surface area contributed by atoms with E-state index in [2.05, 4.69) is 16.3 Å². The van der Waals surface area contributed by atoms with E-state index in [-0.39, 0.29) is 25.0 Å². The van der Waals surface area contributed by atoms with E-state index in [1.807, 2.05) is 67.7 Å². The first-order valence-electron chi connectivity index (χ1n) is 12.1.